The summed E-state index contributed by atoms with van der Waals surface area (Å²) >= 11 is 0. The standard InChI is InChI=1S/C41H29N3/c1-2-37-42-34-24-14-26-36-41(34)44(37)40-33(23-13-25-35(40)43(36)28-17-7-4-8-18-28)39-31-21-11-9-19-29(31)38(27-15-5-3-6-16-27)30-20-10-12-22-32(30)39/h3-26H,2H2,1H3. The van der Waals surface area contributed by atoms with Crippen LogP contribution in [-0.2, 0) is 6.42 Å². The average molecular weight is 564 g/mol. The van der Waals surface area contributed by atoms with Gasteiger partial charge in [0.15, 0.2) is 0 Å². The van der Waals surface area contributed by atoms with Gasteiger partial charge in [-0.15, -0.1) is 0 Å². The summed E-state index contributed by atoms with van der Waals surface area (Å²) in [5.41, 5.74) is 11.8. The number of aromatic nitrogens is 2. The van der Waals surface area contributed by atoms with E-state index in [0.717, 1.165) is 40.3 Å². The number of anilines is 3. The van der Waals surface area contributed by atoms with Gasteiger partial charge in [-0.25, -0.2) is 4.98 Å². The number of hydrogen-bond donors (Lipinski definition) is 0. The lowest BCUT2D eigenvalue weighted by Gasteiger charge is -2.34. The Morgan fingerprint density at radius 3 is 1.75 bits per heavy atom. The highest BCUT2D eigenvalue weighted by Crippen LogP contribution is 2.52. The number of benzene rings is 7. The summed E-state index contributed by atoms with van der Waals surface area (Å²) in [5, 5.41) is 5.01. The van der Waals surface area contributed by atoms with Gasteiger partial charge < -0.3 is 4.90 Å². The maximum atomic E-state index is 5.18. The van der Waals surface area contributed by atoms with Gasteiger partial charge in [0.2, 0.25) is 0 Å². The molecule has 0 spiro atoms. The zero-order chi connectivity index (χ0) is 29.2. The number of rotatable bonds is 4. The third-order valence-electron chi connectivity index (χ3n) is 9.04. The molecule has 2 heterocycles. The van der Waals surface area contributed by atoms with E-state index in [4.69, 9.17) is 4.98 Å². The van der Waals surface area contributed by atoms with Crippen LogP contribution < -0.4 is 4.90 Å². The molecule has 0 saturated carbocycles. The van der Waals surface area contributed by atoms with Crippen LogP contribution >= 0.6 is 0 Å². The molecule has 1 aliphatic heterocycles. The van der Waals surface area contributed by atoms with Crippen LogP contribution in [0.5, 0.6) is 0 Å². The van der Waals surface area contributed by atoms with Crippen LogP contribution in [0.3, 0.4) is 0 Å². The highest BCUT2D eigenvalue weighted by Gasteiger charge is 2.31. The Morgan fingerprint density at radius 2 is 1.09 bits per heavy atom. The topological polar surface area (TPSA) is 21.1 Å². The first-order valence-corrected chi connectivity index (χ1v) is 15.3. The van der Waals surface area contributed by atoms with Gasteiger partial charge in [0.05, 0.1) is 28.1 Å². The van der Waals surface area contributed by atoms with E-state index < -0.39 is 0 Å². The molecule has 1 aromatic heterocycles. The molecule has 44 heavy (non-hydrogen) atoms. The fourth-order valence-electron chi connectivity index (χ4n) is 7.28. The third-order valence-corrected chi connectivity index (χ3v) is 9.04. The van der Waals surface area contributed by atoms with Crippen molar-refractivity contribution < 1.29 is 0 Å². The molecule has 0 atom stereocenters. The lowest BCUT2D eigenvalue weighted by Crippen LogP contribution is -2.19. The van der Waals surface area contributed by atoms with E-state index in [9.17, 15) is 0 Å². The lowest BCUT2D eigenvalue weighted by atomic mass is 9.85. The maximum Gasteiger partial charge on any atom is 0.114 e. The second-order valence-corrected chi connectivity index (χ2v) is 11.4. The molecule has 8 aromatic rings. The first-order chi connectivity index (χ1) is 21.8. The summed E-state index contributed by atoms with van der Waals surface area (Å²) in [4.78, 5) is 7.59. The number of aryl methyl sites for hydroxylation is 1. The predicted octanol–water partition coefficient (Wildman–Crippen LogP) is 11.0. The summed E-state index contributed by atoms with van der Waals surface area (Å²) in [6.45, 7) is 2.20. The Hall–Kier alpha value is -5.67. The van der Waals surface area contributed by atoms with Crippen molar-refractivity contribution in [2.45, 2.75) is 13.3 Å². The first-order valence-electron chi connectivity index (χ1n) is 15.3. The molecule has 0 amide bonds. The van der Waals surface area contributed by atoms with Crippen LogP contribution in [0.15, 0.2) is 146 Å². The Morgan fingerprint density at radius 1 is 0.523 bits per heavy atom. The van der Waals surface area contributed by atoms with E-state index >= 15 is 0 Å². The van der Waals surface area contributed by atoms with Crippen molar-refractivity contribution in [2.75, 3.05) is 4.90 Å². The Bertz CT molecular complexity index is 2310. The largest absolute Gasteiger partial charge is 0.306 e. The second kappa shape index (κ2) is 9.68. The molecular weight excluding hydrogens is 534 g/mol. The van der Waals surface area contributed by atoms with E-state index in [2.05, 4.69) is 162 Å². The van der Waals surface area contributed by atoms with E-state index in [1.807, 2.05) is 0 Å². The van der Waals surface area contributed by atoms with Gasteiger partial charge in [0, 0.05) is 17.7 Å². The molecular formula is C41H29N3. The average Bonchev–Trinajstić information content (AvgIpc) is 3.47. The predicted molar refractivity (Wildman–Crippen MR) is 185 cm³/mol. The van der Waals surface area contributed by atoms with Crippen LogP contribution in [-0.4, -0.2) is 9.55 Å². The molecule has 0 radical (unpaired) electrons. The van der Waals surface area contributed by atoms with Gasteiger partial charge in [0.25, 0.3) is 0 Å². The van der Waals surface area contributed by atoms with Crippen LogP contribution in [0.25, 0.3) is 60.5 Å². The van der Waals surface area contributed by atoms with Crippen molar-refractivity contribution in [3.63, 3.8) is 0 Å². The monoisotopic (exact) mass is 563 g/mol. The molecule has 0 N–H and O–H groups in total. The maximum absolute atomic E-state index is 5.18. The number of para-hydroxylation sites is 3. The molecule has 0 bridgehead atoms. The third kappa shape index (κ3) is 3.47. The van der Waals surface area contributed by atoms with Crippen LogP contribution in [0.4, 0.5) is 17.1 Å². The van der Waals surface area contributed by atoms with Crippen LogP contribution in [0.2, 0.25) is 0 Å². The molecule has 3 heteroatoms. The zero-order valence-electron chi connectivity index (χ0n) is 24.4. The zero-order valence-corrected chi connectivity index (χ0v) is 24.4. The fourth-order valence-corrected chi connectivity index (χ4v) is 7.28. The molecule has 0 aliphatic carbocycles. The molecule has 9 rings (SSSR count). The summed E-state index contributed by atoms with van der Waals surface area (Å²) in [6.07, 6.45) is 0.835. The van der Waals surface area contributed by atoms with Crippen molar-refractivity contribution >= 4 is 49.6 Å². The Balaban J connectivity index is 1.46. The fraction of sp³-hybridized carbons (Fsp3) is 0.0488. The van der Waals surface area contributed by atoms with Gasteiger partial charge in [-0.3, -0.25) is 4.57 Å². The SMILES string of the molecule is CCc1nc2cccc3c2n1-c1c(-c2c4ccccc4c(-c4ccccc4)c4ccccc24)cccc1N3c1ccccc1. The van der Waals surface area contributed by atoms with Gasteiger partial charge in [0.1, 0.15) is 5.82 Å². The number of fused-ring (bicyclic) bond motifs is 4. The molecule has 7 aromatic carbocycles. The van der Waals surface area contributed by atoms with Crippen molar-refractivity contribution in [1.29, 1.82) is 0 Å². The molecule has 1 aliphatic rings. The summed E-state index contributed by atoms with van der Waals surface area (Å²) in [5.74, 6) is 1.07. The van der Waals surface area contributed by atoms with E-state index in [-0.39, 0.29) is 0 Å². The second-order valence-electron chi connectivity index (χ2n) is 11.4. The summed E-state index contributed by atoms with van der Waals surface area (Å²) < 4.78 is 2.43. The molecule has 0 fully saturated rings. The minimum Gasteiger partial charge on any atom is -0.306 e. The van der Waals surface area contributed by atoms with Gasteiger partial charge >= 0.3 is 0 Å². The van der Waals surface area contributed by atoms with Gasteiger partial charge in [-0.05, 0) is 68.6 Å². The first kappa shape index (κ1) is 24.9. The molecule has 3 nitrogen and oxygen atoms in total. The molecule has 0 saturated heterocycles. The number of imidazole rings is 1. The lowest BCUT2D eigenvalue weighted by molar-refractivity contribution is 0.902. The number of hydrogen-bond acceptors (Lipinski definition) is 2. The molecule has 208 valence electrons. The minimum atomic E-state index is 0.835. The minimum absolute atomic E-state index is 0.835. The van der Waals surface area contributed by atoms with Crippen LogP contribution in [0.1, 0.15) is 12.7 Å². The quantitative estimate of drug-likeness (QED) is 0.199. The highest BCUT2D eigenvalue weighted by molar-refractivity contribution is 6.22. The van der Waals surface area contributed by atoms with Crippen LogP contribution in [0, 0.1) is 0 Å². The summed E-state index contributed by atoms with van der Waals surface area (Å²) in [7, 11) is 0. The van der Waals surface area contributed by atoms with E-state index in [0.29, 0.717) is 0 Å². The smallest absolute Gasteiger partial charge is 0.114 e. The van der Waals surface area contributed by atoms with Crippen molar-refractivity contribution in [1.82, 2.24) is 9.55 Å². The van der Waals surface area contributed by atoms with Gasteiger partial charge in [-0.2, -0.15) is 0 Å². The summed E-state index contributed by atoms with van der Waals surface area (Å²) in [6, 6.07) is 52.6. The van der Waals surface area contributed by atoms with Gasteiger partial charge in [-0.1, -0.05) is 122 Å². The normalized spacial score (nSPS) is 12.2. The van der Waals surface area contributed by atoms with E-state index in [1.165, 1.54) is 49.5 Å². The molecule has 0 unspecified atom stereocenters. The van der Waals surface area contributed by atoms with Crippen molar-refractivity contribution in [2.24, 2.45) is 0 Å². The van der Waals surface area contributed by atoms with E-state index in [1.54, 1.807) is 0 Å². The number of nitrogens with zero attached hydrogens (tertiary/aromatic N) is 3. The Labute approximate surface area is 256 Å². The highest BCUT2D eigenvalue weighted by atomic mass is 15.2. The van der Waals surface area contributed by atoms with Crippen molar-refractivity contribution in [3.8, 4) is 27.9 Å². The van der Waals surface area contributed by atoms with Crippen molar-refractivity contribution in [3.05, 3.63) is 151 Å². The Kier molecular flexibility index (Phi) is 5.48.